The summed E-state index contributed by atoms with van der Waals surface area (Å²) in [6, 6.07) is 10.9. The number of benzene rings is 2. The lowest BCUT2D eigenvalue weighted by Crippen LogP contribution is -2.55. The van der Waals surface area contributed by atoms with Crippen LogP contribution in [0.2, 0.25) is 0 Å². The summed E-state index contributed by atoms with van der Waals surface area (Å²) in [6.45, 7) is 6.94. The van der Waals surface area contributed by atoms with E-state index >= 15 is 0 Å². The second kappa shape index (κ2) is 12.9. The summed E-state index contributed by atoms with van der Waals surface area (Å²) in [5.74, 6) is 0.471. The van der Waals surface area contributed by atoms with Gasteiger partial charge in [-0.15, -0.1) is 0 Å². The Balaban J connectivity index is 2.52. The van der Waals surface area contributed by atoms with Crippen molar-refractivity contribution in [1.82, 2.24) is 10.2 Å². The maximum absolute atomic E-state index is 13.8. The van der Waals surface area contributed by atoms with Gasteiger partial charge in [0, 0.05) is 18.2 Å². The Morgan fingerprint density at radius 3 is 2.16 bits per heavy atom. The van der Waals surface area contributed by atoms with E-state index in [9.17, 15) is 18.0 Å². The summed E-state index contributed by atoms with van der Waals surface area (Å²) in [5, 5.41) is 2.94. The minimum Gasteiger partial charge on any atom is -0.497 e. The summed E-state index contributed by atoms with van der Waals surface area (Å²) in [5.41, 5.74) is 0.442. The van der Waals surface area contributed by atoms with Gasteiger partial charge in [-0.1, -0.05) is 19.1 Å². The van der Waals surface area contributed by atoms with E-state index in [0.717, 1.165) is 16.1 Å². The lowest BCUT2D eigenvalue weighted by atomic mass is 10.1. The Morgan fingerprint density at radius 1 is 0.974 bits per heavy atom. The third-order valence-corrected chi connectivity index (χ3v) is 6.85. The van der Waals surface area contributed by atoms with Crippen molar-refractivity contribution in [3.8, 4) is 17.2 Å². The third kappa shape index (κ3) is 8.27. The highest BCUT2D eigenvalue weighted by molar-refractivity contribution is 7.92. The number of carbonyl (C=O) groups is 2. The molecule has 10 nitrogen and oxygen atoms in total. The first-order chi connectivity index (χ1) is 17.7. The molecule has 11 heteroatoms. The highest BCUT2D eigenvalue weighted by Gasteiger charge is 2.33. The number of carbonyl (C=O) groups excluding carboxylic acids is 2. The number of rotatable bonds is 12. The van der Waals surface area contributed by atoms with Crippen LogP contribution in [0.3, 0.4) is 0 Å². The SMILES string of the molecule is CC[C@@H](C(=O)NC(C)(C)C)N(Cc1cccc(OC)c1)C(=O)CN(c1ccc(OC)c(OC)c1)S(C)(=O)=O. The lowest BCUT2D eigenvalue weighted by molar-refractivity contribution is -0.141. The summed E-state index contributed by atoms with van der Waals surface area (Å²) in [4.78, 5) is 28.5. The molecule has 2 amide bonds. The molecule has 2 rings (SSSR count). The van der Waals surface area contributed by atoms with Crippen molar-refractivity contribution in [3.05, 3.63) is 48.0 Å². The molecule has 0 saturated carbocycles. The second-order valence-electron chi connectivity index (χ2n) is 9.85. The maximum atomic E-state index is 13.8. The summed E-state index contributed by atoms with van der Waals surface area (Å²) < 4.78 is 42.5. The van der Waals surface area contributed by atoms with Crippen molar-refractivity contribution in [2.45, 2.75) is 52.2 Å². The number of methoxy groups -OCH3 is 3. The zero-order valence-corrected chi connectivity index (χ0v) is 24.2. The van der Waals surface area contributed by atoms with Crippen LogP contribution in [-0.2, 0) is 26.2 Å². The van der Waals surface area contributed by atoms with Crippen molar-refractivity contribution in [2.24, 2.45) is 0 Å². The highest BCUT2D eigenvalue weighted by atomic mass is 32.2. The predicted molar refractivity (Wildman–Crippen MR) is 147 cm³/mol. The van der Waals surface area contributed by atoms with Crippen molar-refractivity contribution < 1.29 is 32.2 Å². The molecule has 0 aliphatic heterocycles. The van der Waals surface area contributed by atoms with Crippen LogP contribution in [0.25, 0.3) is 0 Å². The topological polar surface area (TPSA) is 114 Å². The van der Waals surface area contributed by atoms with Crippen molar-refractivity contribution in [2.75, 3.05) is 38.4 Å². The number of sulfonamides is 1. The van der Waals surface area contributed by atoms with E-state index in [-0.39, 0.29) is 18.1 Å². The molecule has 0 saturated heterocycles. The van der Waals surface area contributed by atoms with Gasteiger partial charge in [0.2, 0.25) is 21.8 Å². The van der Waals surface area contributed by atoms with E-state index in [4.69, 9.17) is 14.2 Å². The number of amides is 2. The van der Waals surface area contributed by atoms with Crippen LogP contribution in [0.4, 0.5) is 5.69 Å². The Labute approximate surface area is 225 Å². The first-order valence-electron chi connectivity index (χ1n) is 12.2. The minimum absolute atomic E-state index is 0.0790. The molecule has 38 heavy (non-hydrogen) atoms. The number of hydrogen-bond donors (Lipinski definition) is 1. The van der Waals surface area contributed by atoms with Crippen LogP contribution in [0.5, 0.6) is 17.2 Å². The summed E-state index contributed by atoms with van der Waals surface area (Å²) in [6.07, 6.45) is 1.35. The van der Waals surface area contributed by atoms with E-state index in [1.165, 1.54) is 31.3 Å². The fourth-order valence-electron chi connectivity index (χ4n) is 3.93. The molecule has 210 valence electrons. The molecule has 0 bridgehead atoms. The average Bonchev–Trinajstić information content (AvgIpc) is 2.84. The zero-order valence-electron chi connectivity index (χ0n) is 23.4. The molecule has 0 aromatic heterocycles. The normalized spacial score (nSPS) is 12.3. The van der Waals surface area contributed by atoms with E-state index in [0.29, 0.717) is 23.7 Å². The fraction of sp³-hybridized carbons (Fsp3) is 0.481. The van der Waals surface area contributed by atoms with Crippen LogP contribution in [0, 0.1) is 0 Å². The van der Waals surface area contributed by atoms with Gasteiger partial charge in [0.15, 0.2) is 11.5 Å². The predicted octanol–water partition coefficient (Wildman–Crippen LogP) is 3.20. The molecule has 2 aromatic carbocycles. The molecule has 1 atom stereocenters. The Morgan fingerprint density at radius 2 is 1.63 bits per heavy atom. The largest absolute Gasteiger partial charge is 0.497 e. The average molecular weight is 550 g/mol. The number of nitrogens with one attached hydrogen (secondary N) is 1. The van der Waals surface area contributed by atoms with Crippen molar-refractivity contribution in [3.63, 3.8) is 0 Å². The van der Waals surface area contributed by atoms with Gasteiger partial charge in [0.25, 0.3) is 0 Å². The van der Waals surface area contributed by atoms with Crippen LogP contribution >= 0.6 is 0 Å². The molecular weight excluding hydrogens is 510 g/mol. The zero-order chi connectivity index (χ0) is 28.7. The van der Waals surface area contributed by atoms with Crippen LogP contribution < -0.4 is 23.8 Å². The van der Waals surface area contributed by atoms with E-state index < -0.39 is 34.1 Å². The van der Waals surface area contributed by atoms with Gasteiger partial charge in [-0.3, -0.25) is 13.9 Å². The van der Waals surface area contributed by atoms with E-state index in [1.807, 2.05) is 26.8 Å². The first kappa shape index (κ1) is 30.8. The molecule has 1 N–H and O–H groups in total. The van der Waals surface area contributed by atoms with Crippen LogP contribution in [0.1, 0.15) is 39.7 Å². The second-order valence-corrected chi connectivity index (χ2v) is 11.8. The highest BCUT2D eigenvalue weighted by Crippen LogP contribution is 2.32. The summed E-state index contributed by atoms with van der Waals surface area (Å²) in [7, 11) is 0.564. The van der Waals surface area contributed by atoms with Gasteiger partial charge >= 0.3 is 0 Å². The van der Waals surface area contributed by atoms with Crippen LogP contribution in [-0.4, -0.2) is 70.8 Å². The maximum Gasteiger partial charge on any atom is 0.244 e. The van der Waals surface area contributed by atoms with Gasteiger partial charge in [0.1, 0.15) is 18.3 Å². The first-order valence-corrected chi connectivity index (χ1v) is 14.0. The van der Waals surface area contributed by atoms with Gasteiger partial charge in [-0.25, -0.2) is 8.42 Å². The number of anilines is 1. The molecule has 0 heterocycles. The molecule has 0 aliphatic rings. The van der Waals surface area contributed by atoms with Gasteiger partial charge in [-0.05, 0) is 57.0 Å². The molecular formula is C27H39N3O7S. The number of ether oxygens (including phenoxy) is 3. The Kier molecular flexibility index (Phi) is 10.4. The fourth-order valence-corrected chi connectivity index (χ4v) is 4.78. The standard InChI is InChI=1S/C27H39N3O7S/c1-9-22(26(32)28-27(2,3)4)29(17-19-11-10-12-21(15-19)35-5)25(31)18-30(38(8,33)34)20-13-14-23(36-6)24(16-20)37-7/h10-16,22H,9,17-18H2,1-8H3,(H,28,32)/t22-/m0/s1. The molecule has 0 spiro atoms. The Bertz CT molecular complexity index is 1230. The Hall–Kier alpha value is -3.47. The monoisotopic (exact) mass is 549 g/mol. The molecule has 0 unspecified atom stereocenters. The number of hydrogen-bond acceptors (Lipinski definition) is 7. The van der Waals surface area contributed by atoms with E-state index in [1.54, 1.807) is 38.3 Å². The molecule has 2 aromatic rings. The van der Waals surface area contributed by atoms with Crippen molar-refractivity contribution in [1.29, 1.82) is 0 Å². The van der Waals surface area contributed by atoms with E-state index in [2.05, 4.69) is 5.32 Å². The van der Waals surface area contributed by atoms with Crippen molar-refractivity contribution >= 4 is 27.5 Å². The molecule has 0 fully saturated rings. The van der Waals surface area contributed by atoms with Gasteiger partial charge in [0.05, 0.1) is 33.3 Å². The van der Waals surface area contributed by atoms with Gasteiger partial charge in [-0.2, -0.15) is 0 Å². The van der Waals surface area contributed by atoms with Gasteiger partial charge < -0.3 is 24.4 Å². The summed E-state index contributed by atoms with van der Waals surface area (Å²) >= 11 is 0. The van der Waals surface area contributed by atoms with Crippen LogP contribution in [0.15, 0.2) is 42.5 Å². The smallest absolute Gasteiger partial charge is 0.244 e. The third-order valence-electron chi connectivity index (χ3n) is 5.71. The lowest BCUT2D eigenvalue weighted by Gasteiger charge is -2.34. The number of nitrogens with zero attached hydrogens (tertiary/aromatic N) is 2. The quantitative estimate of drug-likeness (QED) is 0.432. The molecule has 0 radical (unpaired) electrons. The minimum atomic E-state index is -3.89. The molecule has 0 aliphatic carbocycles.